The Labute approximate surface area is 216 Å². The summed E-state index contributed by atoms with van der Waals surface area (Å²) in [6.45, 7) is 0. The summed E-state index contributed by atoms with van der Waals surface area (Å²) in [6, 6.07) is 22.4. The molecule has 0 unspecified atom stereocenters. The quantitative estimate of drug-likeness (QED) is 0.0669. The lowest BCUT2D eigenvalue weighted by molar-refractivity contribution is 0.332. The lowest BCUT2D eigenvalue weighted by atomic mass is 10.2. The second kappa shape index (κ2) is 10.2. The van der Waals surface area contributed by atoms with Gasteiger partial charge in [0.25, 0.3) is 0 Å². The third-order valence-electron chi connectivity index (χ3n) is 4.55. The summed E-state index contributed by atoms with van der Waals surface area (Å²) >= 11 is 4.46. The van der Waals surface area contributed by atoms with Crippen LogP contribution >= 0.6 is 45.2 Å². The highest BCUT2D eigenvalue weighted by molar-refractivity contribution is 14.1. The Morgan fingerprint density at radius 2 is 0.818 bits per heavy atom. The van der Waals surface area contributed by atoms with Gasteiger partial charge in [0.05, 0.1) is 10.9 Å². The largest absolute Gasteiger partial charge is 0.451 e. The van der Waals surface area contributed by atoms with Gasteiger partial charge in [-0.3, -0.25) is 0 Å². The lowest BCUT2D eigenvalue weighted by Gasteiger charge is -2.11. The van der Waals surface area contributed by atoms with Gasteiger partial charge >= 0.3 is 0 Å². The molecule has 4 aromatic rings. The molecule has 0 spiro atoms. The zero-order valence-corrected chi connectivity index (χ0v) is 21.5. The van der Waals surface area contributed by atoms with E-state index in [2.05, 4.69) is 45.2 Å². The molecule has 33 heavy (non-hydrogen) atoms. The van der Waals surface area contributed by atoms with E-state index in [-0.39, 0.29) is 5.75 Å². The number of benzene rings is 4. The van der Waals surface area contributed by atoms with Gasteiger partial charge in [0.1, 0.15) is 5.75 Å². The smallest absolute Gasteiger partial charge is 0.207 e. The number of hydrogen-bond acceptors (Lipinski definition) is 1. The molecule has 9 heteroatoms. The van der Waals surface area contributed by atoms with E-state index in [9.17, 15) is 22.0 Å². The summed E-state index contributed by atoms with van der Waals surface area (Å²) < 4.78 is 75.3. The maximum absolute atomic E-state index is 14.0. The SMILES string of the molecule is Fc1c(F)c(F)c(Oc2ccc([S+](c3ccc(I)cc3)c3ccc(I)cc3)cc2)c(F)c1F. The summed E-state index contributed by atoms with van der Waals surface area (Å²) in [5, 5.41) is 0. The molecule has 0 aliphatic heterocycles. The van der Waals surface area contributed by atoms with Crippen LogP contribution in [-0.2, 0) is 10.9 Å². The summed E-state index contributed by atoms with van der Waals surface area (Å²) in [5.41, 5.74) is 0. The topological polar surface area (TPSA) is 9.23 Å². The molecule has 4 aromatic carbocycles. The van der Waals surface area contributed by atoms with Crippen molar-refractivity contribution < 1.29 is 26.7 Å². The van der Waals surface area contributed by atoms with Crippen molar-refractivity contribution in [2.75, 3.05) is 0 Å². The van der Waals surface area contributed by atoms with E-state index in [0.29, 0.717) is 0 Å². The first-order valence-electron chi connectivity index (χ1n) is 9.31. The van der Waals surface area contributed by atoms with Crippen LogP contribution in [0.5, 0.6) is 11.5 Å². The first-order chi connectivity index (χ1) is 15.8. The molecule has 0 heterocycles. The average molecular weight is 697 g/mol. The maximum Gasteiger partial charge on any atom is 0.207 e. The Morgan fingerprint density at radius 3 is 1.21 bits per heavy atom. The molecule has 0 fully saturated rings. The third kappa shape index (κ3) is 5.14. The minimum atomic E-state index is -2.23. The van der Waals surface area contributed by atoms with Crippen LogP contribution in [0.1, 0.15) is 0 Å². The first-order valence-corrected chi connectivity index (χ1v) is 12.7. The van der Waals surface area contributed by atoms with Crippen molar-refractivity contribution in [3.63, 3.8) is 0 Å². The predicted octanol–water partition coefficient (Wildman–Crippen LogP) is 8.48. The molecule has 1 nitrogen and oxygen atoms in total. The maximum atomic E-state index is 14.0. The minimum absolute atomic E-state index is 0.0595. The van der Waals surface area contributed by atoms with Gasteiger partial charge < -0.3 is 4.74 Å². The molecule has 0 bridgehead atoms. The van der Waals surface area contributed by atoms with E-state index >= 15 is 0 Å². The van der Waals surface area contributed by atoms with Crippen LogP contribution in [0.25, 0.3) is 0 Å². The highest BCUT2D eigenvalue weighted by Gasteiger charge is 2.30. The van der Waals surface area contributed by atoms with Crippen LogP contribution in [-0.4, -0.2) is 0 Å². The van der Waals surface area contributed by atoms with Crippen molar-refractivity contribution in [3.05, 3.63) is 109 Å². The van der Waals surface area contributed by atoms with Crippen molar-refractivity contribution in [1.82, 2.24) is 0 Å². The second-order valence-corrected chi connectivity index (χ2v) is 11.2. The molecule has 0 N–H and O–H groups in total. The van der Waals surface area contributed by atoms with Crippen LogP contribution in [0.3, 0.4) is 0 Å². The van der Waals surface area contributed by atoms with E-state index in [0.717, 1.165) is 21.8 Å². The van der Waals surface area contributed by atoms with Crippen LogP contribution in [0.2, 0.25) is 0 Å². The Hall–Kier alpha value is -1.86. The Bertz CT molecular complexity index is 1220. The Morgan fingerprint density at radius 1 is 0.485 bits per heavy atom. The molecule has 0 aliphatic carbocycles. The summed E-state index contributed by atoms with van der Waals surface area (Å²) in [7, 11) is -0.485. The van der Waals surface area contributed by atoms with E-state index in [1.54, 1.807) is 12.1 Å². The molecule has 0 radical (unpaired) electrons. The molecular formula is C24H12F5I2OS+. The zero-order chi connectivity index (χ0) is 23.7. The minimum Gasteiger partial charge on any atom is -0.451 e. The normalized spacial score (nSPS) is 11.2. The number of hydrogen-bond donors (Lipinski definition) is 0. The van der Waals surface area contributed by atoms with E-state index < -0.39 is 45.7 Å². The molecule has 168 valence electrons. The molecule has 4 rings (SSSR count). The van der Waals surface area contributed by atoms with E-state index in [1.807, 2.05) is 48.5 Å². The van der Waals surface area contributed by atoms with Gasteiger partial charge in [0.2, 0.25) is 34.8 Å². The van der Waals surface area contributed by atoms with Crippen LogP contribution in [0, 0.1) is 36.2 Å². The van der Waals surface area contributed by atoms with Gasteiger partial charge in [0.15, 0.2) is 14.7 Å². The monoisotopic (exact) mass is 697 g/mol. The highest BCUT2D eigenvalue weighted by atomic mass is 127. The molecular weight excluding hydrogens is 685 g/mol. The number of halogens is 7. The van der Waals surface area contributed by atoms with Gasteiger partial charge in [0, 0.05) is 7.14 Å². The molecule has 0 aromatic heterocycles. The fourth-order valence-corrected chi connectivity index (χ4v) is 5.75. The average Bonchev–Trinajstić information content (AvgIpc) is 2.83. The highest BCUT2D eigenvalue weighted by Crippen LogP contribution is 2.36. The Balaban J connectivity index is 1.71. The third-order valence-corrected chi connectivity index (χ3v) is 8.22. The molecule has 0 aliphatic rings. The van der Waals surface area contributed by atoms with Crippen molar-refractivity contribution in [3.8, 4) is 11.5 Å². The van der Waals surface area contributed by atoms with Gasteiger partial charge in [-0.25, -0.2) is 13.2 Å². The lowest BCUT2D eigenvalue weighted by Crippen LogP contribution is -2.06. The number of ether oxygens (including phenoxy) is 1. The fraction of sp³-hybridized carbons (Fsp3) is 0. The molecule has 0 saturated heterocycles. The summed E-state index contributed by atoms with van der Waals surface area (Å²) in [4.78, 5) is 3.01. The van der Waals surface area contributed by atoms with Gasteiger partial charge in [-0.1, -0.05) is 0 Å². The molecule has 0 amide bonds. The number of rotatable bonds is 5. The second-order valence-electron chi connectivity index (χ2n) is 6.69. The van der Waals surface area contributed by atoms with Gasteiger partial charge in [-0.15, -0.1) is 0 Å². The van der Waals surface area contributed by atoms with E-state index in [1.165, 1.54) is 12.1 Å². The van der Waals surface area contributed by atoms with Gasteiger partial charge in [-0.05, 0) is 118 Å². The standard InChI is InChI=1S/C24H12F5I2OS/c25-19-20(26)22(28)24(23(29)21(19)27)32-15-5-11-18(12-6-15)33(16-7-1-13(30)2-8-16)17-9-3-14(31)4-10-17/h1-12H/q+1. The van der Waals surface area contributed by atoms with Crippen LogP contribution in [0.15, 0.2) is 87.5 Å². The zero-order valence-electron chi connectivity index (χ0n) is 16.4. The molecule has 0 atom stereocenters. The van der Waals surface area contributed by atoms with Crippen molar-refractivity contribution in [1.29, 1.82) is 0 Å². The van der Waals surface area contributed by atoms with Crippen molar-refractivity contribution in [2.24, 2.45) is 0 Å². The van der Waals surface area contributed by atoms with Gasteiger partial charge in [-0.2, -0.15) is 8.78 Å². The Kier molecular flexibility index (Phi) is 7.49. The van der Waals surface area contributed by atoms with Crippen LogP contribution in [0.4, 0.5) is 22.0 Å². The van der Waals surface area contributed by atoms with Crippen molar-refractivity contribution >= 4 is 56.1 Å². The van der Waals surface area contributed by atoms with Crippen LogP contribution < -0.4 is 4.74 Å². The fourth-order valence-electron chi connectivity index (χ4n) is 2.99. The first kappa shape index (κ1) is 24.3. The molecule has 0 saturated carbocycles. The summed E-state index contributed by atoms with van der Waals surface area (Å²) in [6.07, 6.45) is 0. The van der Waals surface area contributed by atoms with E-state index in [4.69, 9.17) is 4.74 Å². The van der Waals surface area contributed by atoms with Crippen molar-refractivity contribution in [2.45, 2.75) is 14.7 Å². The predicted molar refractivity (Wildman–Crippen MR) is 133 cm³/mol. The summed E-state index contributed by atoms with van der Waals surface area (Å²) in [5.74, 6) is -11.8.